The lowest BCUT2D eigenvalue weighted by molar-refractivity contribution is -0.139. The summed E-state index contributed by atoms with van der Waals surface area (Å²) in [6.07, 6.45) is 7.21. The molecule has 2 fully saturated rings. The largest absolute Gasteiger partial charge is 0.480 e. The molecule has 0 aliphatic heterocycles. The SMILES string of the molecule is CC(C)CCN(C(=O)NC(C(=O)O)C1CC1)C1CCCC1. The molecule has 0 spiro atoms. The van der Waals surface area contributed by atoms with E-state index in [2.05, 4.69) is 19.2 Å². The van der Waals surface area contributed by atoms with E-state index < -0.39 is 12.0 Å². The fourth-order valence-electron chi connectivity index (χ4n) is 3.09. The summed E-state index contributed by atoms with van der Waals surface area (Å²) in [6.45, 7) is 5.02. The molecule has 0 heterocycles. The van der Waals surface area contributed by atoms with Gasteiger partial charge in [-0.3, -0.25) is 0 Å². The molecule has 2 saturated carbocycles. The van der Waals surface area contributed by atoms with Crippen LogP contribution in [0.2, 0.25) is 0 Å². The van der Waals surface area contributed by atoms with Gasteiger partial charge in [0.05, 0.1) is 0 Å². The third-order valence-corrected chi connectivity index (χ3v) is 4.61. The first-order valence-electron chi connectivity index (χ1n) is 8.29. The second-order valence-electron chi connectivity index (χ2n) is 6.92. The summed E-state index contributed by atoms with van der Waals surface area (Å²) in [5.74, 6) is -0.233. The number of nitrogens with one attached hydrogen (secondary N) is 1. The highest BCUT2D eigenvalue weighted by Crippen LogP contribution is 2.33. The molecule has 120 valence electrons. The summed E-state index contributed by atoms with van der Waals surface area (Å²) in [7, 11) is 0. The number of urea groups is 1. The van der Waals surface area contributed by atoms with Crippen LogP contribution in [-0.2, 0) is 4.79 Å². The van der Waals surface area contributed by atoms with Crippen LogP contribution in [-0.4, -0.2) is 40.6 Å². The number of rotatable bonds is 7. The van der Waals surface area contributed by atoms with Crippen molar-refractivity contribution >= 4 is 12.0 Å². The molecule has 0 bridgehead atoms. The van der Waals surface area contributed by atoms with Gasteiger partial charge in [-0.05, 0) is 43.9 Å². The van der Waals surface area contributed by atoms with Crippen LogP contribution < -0.4 is 5.32 Å². The predicted molar refractivity (Wildman–Crippen MR) is 81.1 cm³/mol. The highest BCUT2D eigenvalue weighted by atomic mass is 16.4. The lowest BCUT2D eigenvalue weighted by Gasteiger charge is -2.31. The van der Waals surface area contributed by atoms with Gasteiger partial charge in [0.25, 0.3) is 0 Å². The Morgan fingerprint density at radius 2 is 1.81 bits per heavy atom. The molecule has 2 aliphatic rings. The van der Waals surface area contributed by atoms with Crippen LogP contribution in [0.15, 0.2) is 0 Å². The van der Waals surface area contributed by atoms with Gasteiger partial charge < -0.3 is 15.3 Å². The minimum atomic E-state index is -0.902. The number of carboxylic acid groups (broad SMARTS) is 1. The number of carboxylic acids is 1. The first-order chi connectivity index (χ1) is 9.99. The van der Waals surface area contributed by atoms with Gasteiger partial charge >= 0.3 is 12.0 Å². The van der Waals surface area contributed by atoms with Gasteiger partial charge in [-0.25, -0.2) is 9.59 Å². The molecule has 2 amide bonds. The van der Waals surface area contributed by atoms with E-state index in [0.717, 1.165) is 38.6 Å². The Morgan fingerprint density at radius 3 is 2.29 bits per heavy atom. The van der Waals surface area contributed by atoms with E-state index in [9.17, 15) is 14.7 Å². The van der Waals surface area contributed by atoms with Crippen LogP contribution >= 0.6 is 0 Å². The zero-order valence-electron chi connectivity index (χ0n) is 13.2. The number of aliphatic carboxylic acids is 1. The minimum Gasteiger partial charge on any atom is -0.480 e. The third kappa shape index (κ3) is 4.61. The average molecular weight is 296 g/mol. The molecule has 21 heavy (non-hydrogen) atoms. The third-order valence-electron chi connectivity index (χ3n) is 4.61. The van der Waals surface area contributed by atoms with E-state index in [4.69, 9.17) is 0 Å². The number of amides is 2. The van der Waals surface area contributed by atoms with Crippen molar-refractivity contribution in [2.45, 2.75) is 70.9 Å². The summed E-state index contributed by atoms with van der Waals surface area (Å²) < 4.78 is 0. The van der Waals surface area contributed by atoms with E-state index >= 15 is 0 Å². The quantitative estimate of drug-likeness (QED) is 0.759. The average Bonchev–Trinajstić information content (AvgIpc) is 3.11. The molecule has 0 aromatic rings. The number of hydrogen-bond donors (Lipinski definition) is 2. The van der Waals surface area contributed by atoms with Crippen molar-refractivity contribution in [3.8, 4) is 0 Å². The number of nitrogens with zero attached hydrogens (tertiary/aromatic N) is 1. The zero-order valence-corrected chi connectivity index (χ0v) is 13.2. The Balaban J connectivity index is 1.96. The molecule has 2 N–H and O–H groups in total. The Morgan fingerprint density at radius 1 is 1.19 bits per heavy atom. The molecule has 0 saturated heterocycles. The number of carbonyl (C=O) groups is 2. The second kappa shape index (κ2) is 7.14. The van der Waals surface area contributed by atoms with Gasteiger partial charge in [-0.15, -0.1) is 0 Å². The van der Waals surface area contributed by atoms with Gasteiger partial charge in [0, 0.05) is 12.6 Å². The van der Waals surface area contributed by atoms with Gasteiger partial charge in [-0.2, -0.15) is 0 Å². The molecule has 1 atom stereocenters. The van der Waals surface area contributed by atoms with Gasteiger partial charge in [0.2, 0.25) is 0 Å². The number of carbonyl (C=O) groups excluding carboxylic acids is 1. The van der Waals surface area contributed by atoms with Crippen molar-refractivity contribution in [1.29, 1.82) is 0 Å². The Kier molecular flexibility index (Phi) is 5.48. The van der Waals surface area contributed by atoms with Gasteiger partial charge in [-0.1, -0.05) is 26.7 Å². The van der Waals surface area contributed by atoms with Gasteiger partial charge in [0.15, 0.2) is 0 Å². The Labute approximate surface area is 127 Å². The van der Waals surface area contributed by atoms with Crippen molar-refractivity contribution in [3.63, 3.8) is 0 Å². The lowest BCUT2D eigenvalue weighted by atomic mass is 10.1. The van der Waals surface area contributed by atoms with Crippen molar-refractivity contribution in [1.82, 2.24) is 10.2 Å². The van der Waals surface area contributed by atoms with Crippen molar-refractivity contribution in [3.05, 3.63) is 0 Å². The van der Waals surface area contributed by atoms with Crippen LogP contribution in [0.5, 0.6) is 0 Å². The molecule has 5 heteroatoms. The van der Waals surface area contributed by atoms with E-state index in [0.29, 0.717) is 5.92 Å². The van der Waals surface area contributed by atoms with Crippen LogP contribution in [0.25, 0.3) is 0 Å². The summed E-state index contributed by atoms with van der Waals surface area (Å²) in [5.41, 5.74) is 0. The highest BCUT2D eigenvalue weighted by molar-refractivity contribution is 5.83. The zero-order chi connectivity index (χ0) is 15.4. The maximum absolute atomic E-state index is 12.5. The van der Waals surface area contributed by atoms with E-state index in [1.165, 1.54) is 12.8 Å². The summed E-state index contributed by atoms with van der Waals surface area (Å²) in [4.78, 5) is 25.7. The van der Waals surface area contributed by atoms with E-state index in [1.54, 1.807) is 0 Å². The smallest absolute Gasteiger partial charge is 0.326 e. The summed E-state index contributed by atoms with van der Waals surface area (Å²) in [5, 5.41) is 12.0. The van der Waals surface area contributed by atoms with E-state index in [-0.39, 0.29) is 18.0 Å². The minimum absolute atomic E-state index is 0.127. The molecule has 0 aromatic heterocycles. The Bertz CT molecular complexity index is 374. The second-order valence-corrected chi connectivity index (χ2v) is 6.92. The molecule has 2 rings (SSSR count). The molecule has 1 unspecified atom stereocenters. The van der Waals surface area contributed by atoms with Gasteiger partial charge in [0.1, 0.15) is 6.04 Å². The van der Waals surface area contributed by atoms with Crippen molar-refractivity contribution in [2.24, 2.45) is 11.8 Å². The van der Waals surface area contributed by atoms with Crippen LogP contribution in [0.4, 0.5) is 4.79 Å². The highest BCUT2D eigenvalue weighted by Gasteiger charge is 2.39. The molecule has 2 aliphatic carbocycles. The molecule has 0 radical (unpaired) electrons. The van der Waals surface area contributed by atoms with E-state index in [1.807, 2.05) is 4.90 Å². The molecular weight excluding hydrogens is 268 g/mol. The molecular formula is C16H28N2O3. The topological polar surface area (TPSA) is 69.6 Å². The Hall–Kier alpha value is -1.26. The fourth-order valence-corrected chi connectivity index (χ4v) is 3.09. The van der Waals surface area contributed by atoms with Crippen molar-refractivity contribution in [2.75, 3.05) is 6.54 Å². The summed E-state index contributed by atoms with van der Waals surface area (Å²) in [6, 6.07) is -0.597. The molecule has 0 aromatic carbocycles. The normalized spacial score (nSPS) is 20.5. The van der Waals surface area contributed by atoms with Crippen LogP contribution in [0, 0.1) is 11.8 Å². The maximum Gasteiger partial charge on any atom is 0.326 e. The summed E-state index contributed by atoms with van der Waals surface area (Å²) >= 11 is 0. The lowest BCUT2D eigenvalue weighted by Crippen LogP contribution is -2.52. The monoisotopic (exact) mass is 296 g/mol. The predicted octanol–water partition coefficient (Wildman–Crippen LogP) is 2.85. The maximum atomic E-state index is 12.5. The fraction of sp³-hybridized carbons (Fsp3) is 0.875. The number of hydrogen-bond acceptors (Lipinski definition) is 2. The standard InChI is InChI=1S/C16H28N2O3/c1-11(2)9-10-18(13-5-3-4-6-13)16(21)17-14(15(19)20)12-7-8-12/h11-14H,3-10H2,1-2H3,(H,17,21)(H,19,20). The first-order valence-corrected chi connectivity index (χ1v) is 8.29. The van der Waals surface area contributed by atoms with Crippen molar-refractivity contribution < 1.29 is 14.7 Å². The van der Waals surface area contributed by atoms with Crippen LogP contribution in [0.1, 0.15) is 58.8 Å². The molecule has 5 nitrogen and oxygen atoms in total. The van der Waals surface area contributed by atoms with Crippen LogP contribution in [0.3, 0.4) is 0 Å². The first kappa shape index (κ1) is 16.1.